The highest BCUT2D eigenvalue weighted by atomic mass is 31.0. The molecule has 1 aromatic carbocycles. The van der Waals surface area contributed by atoms with Crippen LogP contribution in [0, 0.1) is 5.82 Å². The Morgan fingerprint density at radius 3 is 2.85 bits per heavy atom. The largest absolute Gasteiger partial charge is 0.394 e. The minimum absolute atomic E-state index is 0.00579. The first-order chi connectivity index (χ1) is 9.55. The molecule has 0 spiro atoms. The Bertz CT molecular complexity index is 623. The number of halogens is 1. The van der Waals surface area contributed by atoms with E-state index in [-0.39, 0.29) is 24.4 Å². The van der Waals surface area contributed by atoms with Gasteiger partial charge >= 0.3 is 0 Å². The minimum atomic E-state index is -0.362. The summed E-state index contributed by atoms with van der Waals surface area (Å²) in [6, 6.07) is 2.86. The van der Waals surface area contributed by atoms with Gasteiger partial charge in [-0.25, -0.2) is 9.37 Å². The summed E-state index contributed by atoms with van der Waals surface area (Å²) in [7, 11) is 2.33. The summed E-state index contributed by atoms with van der Waals surface area (Å²) in [6.45, 7) is 2.03. The summed E-state index contributed by atoms with van der Waals surface area (Å²) < 4.78 is 13.6. The van der Waals surface area contributed by atoms with E-state index in [1.165, 1.54) is 6.07 Å². The van der Waals surface area contributed by atoms with Crippen molar-refractivity contribution in [3.05, 3.63) is 17.9 Å². The third kappa shape index (κ3) is 3.14. The summed E-state index contributed by atoms with van der Waals surface area (Å²) in [5.74, 6) is 0.228. The minimum Gasteiger partial charge on any atom is -0.394 e. The first kappa shape index (κ1) is 14.9. The summed E-state index contributed by atoms with van der Waals surface area (Å²) in [4.78, 5) is 8.19. The van der Waals surface area contributed by atoms with E-state index in [0.29, 0.717) is 22.0 Å². The second-order valence-corrected chi connectivity index (χ2v) is 5.26. The van der Waals surface area contributed by atoms with Crippen LogP contribution in [-0.4, -0.2) is 27.7 Å². The van der Waals surface area contributed by atoms with Crippen LogP contribution in [0.3, 0.4) is 0 Å². The van der Waals surface area contributed by atoms with Gasteiger partial charge in [-0.05, 0) is 12.5 Å². The number of nitrogen functional groups attached to an aromatic ring is 1. The summed E-state index contributed by atoms with van der Waals surface area (Å²) in [5.41, 5.74) is 6.09. The van der Waals surface area contributed by atoms with Crippen molar-refractivity contribution in [1.29, 1.82) is 0 Å². The molecule has 4 N–H and O–H groups in total. The molecule has 20 heavy (non-hydrogen) atoms. The van der Waals surface area contributed by atoms with E-state index in [4.69, 9.17) is 5.73 Å². The molecule has 0 amide bonds. The van der Waals surface area contributed by atoms with E-state index in [9.17, 15) is 9.50 Å². The van der Waals surface area contributed by atoms with Crippen LogP contribution >= 0.6 is 9.24 Å². The van der Waals surface area contributed by atoms with Gasteiger partial charge in [0.25, 0.3) is 0 Å². The Hall–Kier alpha value is -1.52. The SMILES string of the molecule is CCCC(CO)Nc1nc(N)nc2cc(F)c(P)cc12. The first-order valence-electron chi connectivity index (χ1n) is 6.44. The Morgan fingerprint density at radius 1 is 1.45 bits per heavy atom. The lowest BCUT2D eigenvalue weighted by Crippen LogP contribution is -2.24. The molecule has 0 bridgehead atoms. The standard InChI is InChI=1S/C13H18FN4OP/c1-2-3-7(6-19)16-12-8-4-11(20)9(14)5-10(8)17-13(15)18-12/h4-5,7,19H,2-3,6,20H2,1H3,(H3,15,16,17,18). The maximum Gasteiger partial charge on any atom is 0.222 e. The smallest absolute Gasteiger partial charge is 0.222 e. The number of aromatic nitrogens is 2. The van der Waals surface area contributed by atoms with E-state index in [0.717, 1.165) is 12.8 Å². The highest BCUT2D eigenvalue weighted by Crippen LogP contribution is 2.23. The molecular formula is C13H18FN4OP. The van der Waals surface area contributed by atoms with Crippen molar-refractivity contribution in [3.8, 4) is 0 Å². The molecule has 0 aliphatic rings. The lowest BCUT2D eigenvalue weighted by molar-refractivity contribution is 0.268. The van der Waals surface area contributed by atoms with Gasteiger partial charge in [0.15, 0.2) is 0 Å². The molecule has 2 rings (SSSR count). The molecule has 1 aromatic heterocycles. The molecule has 0 aliphatic carbocycles. The van der Waals surface area contributed by atoms with Crippen molar-refractivity contribution in [2.45, 2.75) is 25.8 Å². The maximum absolute atomic E-state index is 13.6. The Morgan fingerprint density at radius 2 is 2.20 bits per heavy atom. The van der Waals surface area contributed by atoms with Gasteiger partial charge in [-0.15, -0.1) is 9.24 Å². The third-order valence-electron chi connectivity index (χ3n) is 3.03. The van der Waals surface area contributed by atoms with Crippen LogP contribution < -0.4 is 16.4 Å². The van der Waals surface area contributed by atoms with Gasteiger partial charge in [-0.1, -0.05) is 13.3 Å². The quantitative estimate of drug-likeness (QED) is 0.727. The molecule has 2 atom stereocenters. The number of benzene rings is 1. The molecule has 0 radical (unpaired) electrons. The van der Waals surface area contributed by atoms with E-state index < -0.39 is 0 Å². The van der Waals surface area contributed by atoms with E-state index in [1.807, 2.05) is 6.92 Å². The van der Waals surface area contributed by atoms with Crippen LogP contribution in [0.2, 0.25) is 0 Å². The number of aliphatic hydroxyl groups excluding tert-OH is 1. The number of rotatable bonds is 5. The van der Waals surface area contributed by atoms with Crippen LogP contribution in [-0.2, 0) is 0 Å². The zero-order valence-electron chi connectivity index (χ0n) is 11.2. The van der Waals surface area contributed by atoms with Crippen LogP contribution in [0.5, 0.6) is 0 Å². The monoisotopic (exact) mass is 296 g/mol. The van der Waals surface area contributed by atoms with Gasteiger partial charge in [-0.3, -0.25) is 0 Å². The molecule has 1 heterocycles. The molecule has 7 heteroatoms. The number of nitrogens with zero attached hydrogens (tertiary/aromatic N) is 2. The number of hydrogen-bond acceptors (Lipinski definition) is 5. The van der Waals surface area contributed by atoms with Crippen LogP contribution in [0.4, 0.5) is 16.2 Å². The second-order valence-electron chi connectivity index (χ2n) is 4.63. The second kappa shape index (κ2) is 6.29. The van der Waals surface area contributed by atoms with Gasteiger partial charge in [0.1, 0.15) is 11.6 Å². The number of hydrogen-bond donors (Lipinski definition) is 3. The number of nitrogens with two attached hydrogens (primary N) is 1. The Balaban J connectivity index is 2.48. The molecule has 0 fully saturated rings. The lowest BCUT2D eigenvalue weighted by Gasteiger charge is -2.17. The summed E-state index contributed by atoms with van der Waals surface area (Å²) in [6.07, 6.45) is 1.73. The molecule has 0 saturated heterocycles. The zero-order chi connectivity index (χ0) is 14.7. The fraction of sp³-hybridized carbons (Fsp3) is 0.385. The van der Waals surface area contributed by atoms with Gasteiger partial charge < -0.3 is 16.2 Å². The summed E-state index contributed by atoms with van der Waals surface area (Å²) >= 11 is 0. The zero-order valence-corrected chi connectivity index (χ0v) is 12.4. The van der Waals surface area contributed by atoms with Crippen molar-refractivity contribution in [2.24, 2.45) is 0 Å². The number of nitrogens with one attached hydrogen (secondary N) is 1. The van der Waals surface area contributed by atoms with Gasteiger partial charge in [-0.2, -0.15) is 4.98 Å². The predicted molar refractivity (Wildman–Crippen MR) is 82.7 cm³/mol. The molecule has 108 valence electrons. The first-order valence-corrected chi connectivity index (χ1v) is 7.02. The molecule has 5 nitrogen and oxygen atoms in total. The number of anilines is 2. The van der Waals surface area contributed by atoms with E-state index >= 15 is 0 Å². The molecular weight excluding hydrogens is 278 g/mol. The van der Waals surface area contributed by atoms with Crippen molar-refractivity contribution < 1.29 is 9.50 Å². The fourth-order valence-electron chi connectivity index (χ4n) is 2.05. The van der Waals surface area contributed by atoms with Crippen LogP contribution in [0.1, 0.15) is 19.8 Å². The summed E-state index contributed by atoms with van der Waals surface area (Å²) in [5, 5.41) is 13.6. The van der Waals surface area contributed by atoms with Crippen LogP contribution in [0.15, 0.2) is 12.1 Å². The van der Waals surface area contributed by atoms with Crippen molar-refractivity contribution >= 4 is 37.2 Å². The molecule has 0 saturated carbocycles. The van der Waals surface area contributed by atoms with Crippen molar-refractivity contribution in [2.75, 3.05) is 17.7 Å². The number of aliphatic hydroxyl groups is 1. The van der Waals surface area contributed by atoms with Gasteiger partial charge in [0, 0.05) is 16.8 Å². The van der Waals surface area contributed by atoms with Gasteiger partial charge in [0.2, 0.25) is 5.95 Å². The molecule has 2 unspecified atom stereocenters. The average molecular weight is 296 g/mol. The Kier molecular flexibility index (Phi) is 4.68. The number of fused-ring (bicyclic) bond motifs is 1. The van der Waals surface area contributed by atoms with Crippen LogP contribution in [0.25, 0.3) is 10.9 Å². The average Bonchev–Trinajstić information content (AvgIpc) is 2.40. The molecule has 2 aromatic rings. The topological polar surface area (TPSA) is 84.1 Å². The normalized spacial score (nSPS) is 12.6. The third-order valence-corrected chi connectivity index (χ3v) is 3.47. The van der Waals surface area contributed by atoms with Crippen molar-refractivity contribution in [3.63, 3.8) is 0 Å². The highest BCUT2D eigenvalue weighted by Gasteiger charge is 2.13. The maximum atomic E-state index is 13.6. The van der Waals surface area contributed by atoms with Crippen molar-refractivity contribution in [1.82, 2.24) is 9.97 Å². The van der Waals surface area contributed by atoms with Gasteiger partial charge in [0.05, 0.1) is 18.2 Å². The fourth-order valence-corrected chi connectivity index (χ4v) is 2.30. The highest BCUT2D eigenvalue weighted by molar-refractivity contribution is 7.27. The predicted octanol–water partition coefficient (Wildman–Crippen LogP) is 1.42. The Labute approximate surface area is 119 Å². The lowest BCUT2D eigenvalue weighted by atomic mass is 10.1. The van der Waals surface area contributed by atoms with E-state index in [2.05, 4.69) is 24.5 Å². The van der Waals surface area contributed by atoms with E-state index in [1.54, 1.807) is 6.07 Å². The molecule has 0 aliphatic heterocycles.